The Labute approximate surface area is 119 Å². The van der Waals surface area contributed by atoms with Crippen molar-refractivity contribution in [1.82, 2.24) is 0 Å². The second kappa shape index (κ2) is 5.21. The Morgan fingerprint density at radius 2 is 2.24 bits per heavy atom. The number of nitrogens with one attached hydrogen (secondary N) is 1. The number of rotatable bonds is 1. The molecule has 0 aromatic heterocycles. The lowest BCUT2D eigenvalue weighted by Crippen LogP contribution is -2.27. The maximum Gasteiger partial charge on any atom is 0.161 e. The monoisotopic (exact) mass is 332 g/mol. The van der Waals surface area contributed by atoms with Gasteiger partial charge in [0.2, 0.25) is 0 Å². The van der Waals surface area contributed by atoms with Gasteiger partial charge in [0.15, 0.2) is 5.17 Å². The van der Waals surface area contributed by atoms with Gasteiger partial charge in [-0.1, -0.05) is 23.4 Å². The maximum atomic E-state index is 5.91. The van der Waals surface area contributed by atoms with E-state index in [1.54, 1.807) is 11.8 Å². The average Bonchev–Trinajstić information content (AvgIpc) is 2.21. The van der Waals surface area contributed by atoms with E-state index in [4.69, 9.17) is 11.6 Å². The normalized spacial score (nSPS) is 18.7. The molecule has 0 saturated heterocycles. The van der Waals surface area contributed by atoms with Gasteiger partial charge in [0.25, 0.3) is 0 Å². The second-order valence-corrected chi connectivity index (χ2v) is 6.95. The molecule has 0 saturated carbocycles. The SMILES string of the molecule is CC1(C)CCSC(Nc2ccc(Cl)cc2Br)=N1. The highest BCUT2D eigenvalue weighted by Gasteiger charge is 2.22. The van der Waals surface area contributed by atoms with Crippen LogP contribution in [0.5, 0.6) is 0 Å². The van der Waals surface area contributed by atoms with Crippen LogP contribution in [0, 0.1) is 0 Å². The Morgan fingerprint density at radius 1 is 1.47 bits per heavy atom. The van der Waals surface area contributed by atoms with Crippen LogP contribution in [0.4, 0.5) is 5.69 Å². The number of aliphatic imine (C=N–C) groups is 1. The third kappa shape index (κ3) is 3.63. The lowest BCUT2D eigenvalue weighted by atomic mass is 10.0. The summed E-state index contributed by atoms with van der Waals surface area (Å²) in [7, 11) is 0. The molecule has 5 heteroatoms. The van der Waals surface area contributed by atoms with Crippen molar-refractivity contribution < 1.29 is 0 Å². The molecule has 0 aliphatic carbocycles. The number of anilines is 1. The highest BCUT2D eigenvalue weighted by Crippen LogP contribution is 2.30. The van der Waals surface area contributed by atoms with Crippen molar-refractivity contribution in [3.8, 4) is 0 Å². The predicted octanol–water partition coefficient (Wildman–Crippen LogP) is 4.79. The van der Waals surface area contributed by atoms with E-state index in [0.717, 1.165) is 32.5 Å². The van der Waals surface area contributed by atoms with Crippen molar-refractivity contribution in [2.75, 3.05) is 11.1 Å². The minimum atomic E-state index is 0.0342. The van der Waals surface area contributed by atoms with E-state index in [9.17, 15) is 0 Å². The molecule has 92 valence electrons. The number of nitrogens with zero attached hydrogens (tertiary/aromatic N) is 1. The zero-order valence-corrected chi connectivity index (χ0v) is 12.9. The summed E-state index contributed by atoms with van der Waals surface area (Å²) in [6, 6.07) is 5.70. The number of halogens is 2. The summed E-state index contributed by atoms with van der Waals surface area (Å²) in [5.41, 5.74) is 1.03. The fourth-order valence-corrected chi connectivity index (χ4v) is 3.60. The molecule has 1 N–H and O–H groups in total. The molecule has 0 spiro atoms. The van der Waals surface area contributed by atoms with E-state index in [1.807, 2.05) is 18.2 Å². The van der Waals surface area contributed by atoms with E-state index >= 15 is 0 Å². The first kappa shape index (κ1) is 13.2. The van der Waals surface area contributed by atoms with Gasteiger partial charge in [0.05, 0.1) is 11.2 Å². The van der Waals surface area contributed by atoms with Crippen LogP contribution in [0.1, 0.15) is 20.3 Å². The van der Waals surface area contributed by atoms with E-state index in [0.29, 0.717) is 0 Å². The lowest BCUT2D eigenvalue weighted by molar-refractivity contribution is 0.507. The van der Waals surface area contributed by atoms with E-state index in [2.05, 4.69) is 40.1 Å². The number of amidine groups is 1. The van der Waals surface area contributed by atoms with Gasteiger partial charge < -0.3 is 5.32 Å². The van der Waals surface area contributed by atoms with Crippen LogP contribution in [0.15, 0.2) is 27.7 Å². The molecular weight excluding hydrogens is 320 g/mol. The molecule has 0 radical (unpaired) electrons. The molecule has 17 heavy (non-hydrogen) atoms. The average molecular weight is 334 g/mol. The molecule has 1 heterocycles. The van der Waals surface area contributed by atoms with Crippen LogP contribution < -0.4 is 5.32 Å². The molecule has 2 rings (SSSR count). The van der Waals surface area contributed by atoms with E-state index < -0.39 is 0 Å². The molecule has 0 atom stereocenters. The Balaban J connectivity index is 2.18. The van der Waals surface area contributed by atoms with Crippen molar-refractivity contribution in [2.24, 2.45) is 4.99 Å². The number of hydrogen-bond donors (Lipinski definition) is 1. The molecule has 1 aliphatic rings. The fraction of sp³-hybridized carbons (Fsp3) is 0.417. The number of benzene rings is 1. The first-order valence-corrected chi connectivity index (χ1v) is 7.57. The van der Waals surface area contributed by atoms with Gasteiger partial charge in [-0.2, -0.15) is 0 Å². The zero-order chi connectivity index (χ0) is 12.5. The van der Waals surface area contributed by atoms with Crippen LogP contribution in [0.2, 0.25) is 5.02 Å². The van der Waals surface area contributed by atoms with Crippen LogP contribution >= 0.6 is 39.3 Å². The number of hydrogen-bond acceptors (Lipinski definition) is 3. The quantitative estimate of drug-likeness (QED) is 0.799. The van der Waals surface area contributed by atoms with Crippen LogP contribution in [0.3, 0.4) is 0 Å². The standard InChI is InChI=1S/C12H14BrClN2S/c1-12(2)5-6-17-11(16-12)15-10-4-3-8(14)7-9(10)13/h3-4,7H,5-6H2,1-2H3,(H,15,16). The van der Waals surface area contributed by atoms with Crippen molar-refractivity contribution in [1.29, 1.82) is 0 Å². The second-order valence-electron chi connectivity index (χ2n) is 4.58. The minimum absolute atomic E-state index is 0.0342. The summed E-state index contributed by atoms with van der Waals surface area (Å²) >= 11 is 11.2. The third-order valence-electron chi connectivity index (χ3n) is 2.53. The summed E-state index contributed by atoms with van der Waals surface area (Å²) in [6.07, 6.45) is 1.12. The Bertz CT molecular complexity index is 460. The first-order valence-electron chi connectivity index (χ1n) is 5.41. The summed E-state index contributed by atoms with van der Waals surface area (Å²) in [5, 5.41) is 5.04. The molecule has 2 nitrogen and oxygen atoms in total. The molecule has 1 aromatic carbocycles. The van der Waals surface area contributed by atoms with Crippen LogP contribution in [-0.2, 0) is 0 Å². The summed E-state index contributed by atoms with van der Waals surface area (Å²) in [4.78, 5) is 4.69. The van der Waals surface area contributed by atoms with Gasteiger partial charge in [-0.25, -0.2) is 0 Å². The molecule has 1 aliphatic heterocycles. The lowest BCUT2D eigenvalue weighted by Gasteiger charge is -2.26. The molecule has 0 fully saturated rings. The Hall–Kier alpha value is -0.190. The van der Waals surface area contributed by atoms with Gasteiger partial charge in [0.1, 0.15) is 0 Å². The minimum Gasteiger partial charge on any atom is -0.334 e. The molecule has 0 bridgehead atoms. The fourth-order valence-electron chi connectivity index (χ4n) is 1.53. The predicted molar refractivity (Wildman–Crippen MR) is 81.4 cm³/mol. The van der Waals surface area contributed by atoms with E-state index in [-0.39, 0.29) is 5.54 Å². The van der Waals surface area contributed by atoms with Crippen molar-refractivity contribution in [3.63, 3.8) is 0 Å². The van der Waals surface area contributed by atoms with Crippen molar-refractivity contribution in [2.45, 2.75) is 25.8 Å². The highest BCUT2D eigenvalue weighted by molar-refractivity contribution is 9.10. The largest absolute Gasteiger partial charge is 0.334 e. The molecule has 1 aromatic rings. The van der Waals surface area contributed by atoms with Crippen molar-refractivity contribution >= 4 is 50.1 Å². The summed E-state index contributed by atoms with van der Waals surface area (Å²) < 4.78 is 0.955. The first-order chi connectivity index (χ1) is 7.96. The highest BCUT2D eigenvalue weighted by atomic mass is 79.9. The summed E-state index contributed by atoms with van der Waals surface area (Å²) in [6.45, 7) is 4.32. The Morgan fingerprint density at radius 3 is 2.88 bits per heavy atom. The van der Waals surface area contributed by atoms with Crippen LogP contribution in [-0.4, -0.2) is 16.5 Å². The molecular formula is C12H14BrClN2S. The zero-order valence-electron chi connectivity index (χ0n) is 9.76. The van der Waals surface area contributed by atoms with E-state index in [1.165, 1.54) is 0 Å². The molecule has 0 amide bonds. The maximum absolute atomic E-state index is 5.91. The van der Waals surface area contributed by atoms with Gasteiger partial charge in [0, 0.05) is 15.2 Å². The Kier molecular flexibility index (Phi) is 4.06. The summed E-state index contributed by atoms with van der Waals surface area (Å²) in [5.74, 6) is 1.10. The topological polar surface area (TPSA) is 24.4 Å². The van der Waals surface area contributed by atoms with Gasteiger partial charge in [-0.15, -0.1) is 0 Å². The van der Waals surface area contributed by atoms with Gasteiger partial charge >= 0.3 is 0 Å². The molecule has 0 unspecified atom stereocenters. The van der Waals surface area contributed by atoms with Crippen LogP contribution in [0.25, 0.3) is 0 Å². The van der Waals surface area contributed by atoms with Gasteiger partial charge in [-0.05, 0) is 54.4 Å². The van der Waals surface area contributed by atoms with Gasteiger partial charge in [-0.3, -0.25) is 4.99 Å². The number of thioether (sulfide) groups is 1. The third-order valence-corrected chi connectivity index (χ3v) is 4.30. The van der Waals surface area contributed by atoms with Crippen molar-refractivity contribution in [3.05, 3.63) is 27.7 Å². The smallest absolute Gasteiger partial charge is 0.161 e.